The highest BCUT2D eigenvalue weighted by atomic mass is 16.4. The summed E-state index contributed by atoms with van der Waals surface area (Å²) in [5.74, 6) is -1.82. The maximum atomic E-state index is 12.3. The van der Waals surface area contributed by atoms with Gasteiger partial charge in [-0.05, 0) is 20.3 Å². The first-order valence-corrected chi connectivity index (χ1v) is 6.90. The maximum absolute atomic E-state index is 12.3. The summed E-state index contributed by atoms with van der Waals surface area (Å²) in [4.78, 5) is 36.8. The number of amides is 2. The highest BCUT2D eigenvalue weighted by molar-refractivity contribution is 5.90. The number of nitrogens with one attached hydrogen (secondary N) is 1. The number of carboxylic acid groups (broad SMARTS) is 1. The minimum atomic E-state index is -0.876. The lowest BCUT2D eigenvalue weighted by Crippen LogP contribution is -2.51. The van der Waals surface area contributed by atoms with Crippen LogP contribution in [0.25, 0.3) is 0 Å². The average molecular weight is 284 g/mol. The van der Waals surface area contributed by atoms with E-state index in [1.165, 1.54) is 0 Å². The van der Waals surface area contributed by atoms with Gasteiger partial charge in [-0.3, -0.25) is 14.4 Å². The van der Waals surface area contributed by atoms with Crippen molar-refractivity contribution in [2.75, 3.05) is 6.54 Å². The van der Waals surface area contributed by atoms with E-state index in [4.69, 9.17) is 5.11 Å². The van der Waals surface area contributed by atoms with Crippen LogP contribution in [0.1, 0.15) is 41.0 Å². The Morgan fingerprint density at radius 2 is 1.85 bits per heavy atom. The zero-order valence-electron chi connectivity index (χ0n) is 12.8. The topological polar surface area (TPSA) is 86.7 Å². The molecule has 20 heavy (non-hydrogen) atoms. The van der Waals surface area contributed by atoms with Gasteiger partial charge in [0, 0.05) is 18.0 Å². The first-order valence-electron chi connectivity index (χ1n) is 6.90. The number of hydrogen-bond donors (Lipinski definition) is 2. The van der Waals surface area contributed by atoms with E-state index in [9.17, 15) is 14.4 Å². The molecule has 2 N–H and O–H groups in total. The molecule has 0 radical (unpaired) electrons. The van der Waals surface area contributed by atoms with Gasteiger partial charge < -0.3 is 15.3 Å². The van der Waals surface area contributed by atoms with Crippen LogP contribution in [-0.2, 0) is 14.4 Å². The molecule has 0 aromatic heterocycles. The molecule has 1 rings (SSSR count). The standard InChI is InChI=1S/C14H24N2O4/c1-8(15-13(20)14(3,4)5)11(17)16-7-6-10(9(16)2)12(18)19/h8-10H,6-7H2,1-5H3,(H,15,20)(H,18,19). The molecule has 3 unspecified atom stereocenters. The van der Waals surface area contributed by atoms with Gasteiger partial charge in [-0.1, -0.05) is 20.8 Å². The predicted octanol–water partition coefficient (Wildman–Crippen LogP) is 0.859. The minimum Gasteiger partial charge on any atom is -0.481 e. The van der Waals surface area contributed by atoms with E-state index in [0.717, 1.165) is 0 Å². The van der Waals surface area contributed by atoms with E-state index in [1.807, 2.05) is 0 Å². The summed E-state index contributed by atoms with van der Waals surface area (Å²) in [6.07, 6.45) is 0.460. The number of aliphatic carboxylic acids is 1. The number of likely N-dealkylation sites (tertiary alicyclic amines) is 1. The molecule has 1 heterocycles. The van der Waals surface area contributed by atoms with Crippen LogP contribution >= 0.6 is 0 Å². The van der Waals surface area contributed by atoms with E-state index in [2.05, 4.69) is 5.32 Å². The molecule has 6 nitrogen and oxygen atoms in total. The van der Waals surface area contributed by atoms with Gasteiger partial charge in [0.25, 0.3) is 0 Å². The molecule has 0 spiro atoms. The summed E-state index contributed by atoms with van der Waals surface area (Å²) in [6.45, 7) is 9.12. The van der Waals surface area contributed by atoms with Crippen LogP contribution in [-0.4, -0.2) is 46.4 Å². The molecule has 0 saturated carbocycles. The molecule has 3 atom stereocenters. The van der Waals surface area contributed by atoms with E-state index in [-0.39, 0.29) is 17.9 Å². The predicted molar refractivity (Wildman–Crippen MR) is 74.0 cm³/mol. The summed E-state index contributed by atoms with van der Waals surface area (Å²) < 4.78 is 0. The molecule has 0 aliphatic carbocycles. The van der Waals surface area contributed by atoms with Crippen LogP contribution < -0.4 is 5.32 Å². The van der Waals surface area contributed by atoms with Crippen molar-refractivity contribution in [2.24, 2.45) is 11.3 Å². The molecule has 1 aliphatic heterocycles. The van der Waals surface area contributed by atoms with Crippen molar-refractivity contribution < 1.29 is 19.5 Å². The summed E-state index contributed by atoms with van der Waals surface area (Å²) in [5, 5.41) is 11.7. The number of carbonyl (C=O) groups excluding carboxylic acids is 2. The Bertz CT molecular complexity index is 414. The normalized spacial score (nSPS) is 24.4. The SMILES string of the molecule is CC(NC(=O)C(C)(C)C)C(=O)N1CCC(C(=O)O)C1C. The van der Waals surface area contributed by atoms with Crippen molar-refractivity contribution in [3.8, 4) is 0 Å². The summed E-state index contributed by atoms with van der Waals surface area (Å²) >= 11 is 0. The van der Waals surface area contributed by atoms with Gasteiger partial charge in [0.15, 0.2) is 0 Å². The molecule has 0 aromatic rings. The Morgan fingerprint density at radius 3 is 2.25 bits per heavy atom. The van der Waals surface area contributed by atoms with Gasteiger partial charge in [-0.25, -0.2) is 0 Å². The Morgan fingerprint density at radius 1 is 1.30 bits per heavy atom. The lowest BCUT2D eigenvalue weighted by atomic mass is 9.95. The second-order valence-electron chi connectivity index (χ2n) is 6.45. The molecule has 0 bridgehead atoms. The molecule has 1 saturated heterocycles. The quantitative estimate of drug-likeness (QED) is 0.804. The summed E-state index contributed by atoms with van der Waals surface area (Å²) in [6, 6.07) is -0.981. The lowest BCUT2D eigenvalue weighted by Gasteiger charge is -2.28. The van der Waals surface area contributed by atoms with Crippen molar-refractivity contribution in [2.45, 2.75) is 53.1 Å². The monoisotopic (exact) mass is 284 g/mol. The molecule has 6 heteroatoms. The van der Waals surface area contributed by atoms with E-state index in [0.29, 0.717) is 13.0 Å². The minimum absolute atomic E-state index is 0.194. The number of carbonyl (C=O) groups is 3. The Hall–Kier alpha value is -1.59. The molecule has 114 valence electrons. The number of nitrogens with zero attached hydrogens (tertiary/aromatic N) is 1. The van der Waals surface area contributed by atoms with Gasteiger partial charge in [0.2, 0.25) is 11.8 Å². The van der Waals surface area contributed by atoms with Crippen LogP contribution in [0.15, 0.2) is 0 Å². The van der Waals surface area contributed by atoms with Gasteiger partial charge in [0.1, 0.15) is 6.04 Å². The van der Waals surface area contributed by atoms with Crippen LogP contribution in [0.3, 0.4) is 0 Å². The third-order valence-corrected chi connectivity index (χ3v) is 3.75. The van der Waals surface area contributed by atoms with Gasteiger partial charge in [-0.15, -0.1) is 0 Å². The molecule has 1 aliphatic rings. The maximum Gasteiger partial charge on any atom is 0.308 e. The molecule has 0 aromatic carbocycles. The highest BCUT2D eigenvalue weighted by Crippen LogP contribution is 2.25. The largest absolute Gasteiger partial charge is 0.481 e. The molecule has 1 fully saturated rings. The Labute approximate surface area is 119 Å². The molecular weight excluding hydrogens is 260 g/mol. The number of rotatable bonds is 3. The fourth-order valence-corrected chi connectivity index (χ4v) is 2.30. The second kappa shape index (κ2) is 5.81. The fraction of sp³-hybridized carbons (Fsp3) is 0.786. The van der Waals surface area contributed by atoms with Gasteiger partial charge in [0.05, 0.1) is 5.92 Å². The smallest absolute Gasteiger partial charge is 0.308 e. The first kappa shape index (κ1) is 16.5. The van der Waals surface area contributed by atoms with Crippen molar-refractivity contribution in [3.63, 3.8) is 0 Å². The highest BCUT2D eigenvalue weighted by Gasteiger charge is 2.39. The summed E-state index contributed by atoms with van der Waals surface area (Å²) in [7, 11) is 0. The van der Waals surface area contributed by atoms with Gasteiger partial charge in [-0.2, -0.15) is 0 Å². The lowest BCUT2D eigenvalue weighted by molar-refractivity contribution is -0.144. The molecular formula is C14H24N2O4. The zero-order chi connectivity index (χ0) is 15.7. The van der Waals surface area contributed by atoms with Crippen molar-refractivity contribution in [1.82, 2.24) is 10.2 Å². The summed E-state index contributed by atoms with van der Waals surface area (Å²) in [5.41, 5.74) is -0.561. The number of carboxylic acids is 1. The molecule has 2 amide bonds. The van der Waals surface area contributed by atoms with E-state index in [1.54, 1.807) is 39.5 Å². The van der Waals surface area contributed by atoms with Crippen molar-refractivity contribution in [3.05, 3.63) is 0 Å². The van der Waals surface area contributed by atoms with Gasteiger partial charge >= 0.3 is 5.97 Å². The number of hydrogen-bond acceptors (Lipinski definition) is 3. The third kappa shape index (κ3) is 3.49. The zero-order valence-corrected chi connectivity index (χ0v) is 12.8. The van der Waals surface area contributed by atoms with Crippen LogP contribution in [0.4, 0.5) is 0 Å². The third-order valence-electron chi connectivity index (χ3n) is 3.75. The Kier molecular flexibility index (Phi) is 4.78. The first-order chi connectivity index (χ1) is 9.05. The van der Waals surface area contributed by atoms with E-state index >= 15 is 0 Å². The van der Waals surface area contributed by atoms with Crippen molar-refractivity contribution in [1.29, 1.82) is 0 Å². The second-order valence-corrected chi connectivity index (χ2v) is 6.45. The average Bonchev–Trinajstić information content (AvgIpc) is 2.68. The van der Waals surface area contributed by atoms with Crippen LogP contribution in [0.5, 0.6) is 0 Å². The van der Waals surface area contributed by atoms with Crippen LogP contribution in [0.2, 0.25) is 0 Å². The Balaban J connectivity index is 2.67. The van der Waals surface area contributed by atoms with Crippen LogP contribution in [0, 0.1) is 11.3 Å². The fourth-order valence-electron chi connectivity index (χ4n) is 2.30. The van der Waals surface area contributed by atoms with Crippen molar-refractivity contribution >= 4 is 17.8 Å². The van der Waals surface area contributed by atoms with E-state index < -0.39 is 23.3 Å².